The minimum absolute atomic E-state index is 0.0737. The Bertz CT molecular complexity index is 149. The van der Waals surface area contributed by atoms with Crippen molar-refractivity contribution >= 4 is 0 Å². The van der Waals surface area contributed by atoms with Crippen molar-refractivity contribution in [3.05, 3.63) is 5.21 Å². The molecule has 0 unspecified atom stereocenters. The van der Waals surface area contributed by atoms with Crippen LogP contribution in [0, 0.1) is 16.7 Å². The molecule has 0 aromatic rings. The average molecular weight is 143 g/mol. The molecule has 5 nitrogen and oxygen atoms in total. The number of nitrogens with zero attached hydrogens (tertiary/aromatic N) is 3. The van der Waals surface area contributed by atoms with Gasteiger partial charge in [-0.15, -0.1) is 0 Å². The van der Waals surface area contributed by atoms with E-state index in [1.807, 2.05) is 6.92 Å². The molecule has 5 heteroatoms. The normalized spacial score (nSPS) is 10.6. The van der Waals surface area contributed by atoms with Crippen molar-refractivity contribution in [3.63, 3.8) is 0 Å². The van der Waals surface area contributed by atoms with Gasteiger partial charge in [-0.1, -0.05) is 13.3 Å². The molecule has 0 spiro atoms. The summed E-state index contributed by atoms with van der Waals surface area (Å²) in [4.78, 5) is 4.41. The Balaban J connectivity index is 3.32. The fraction of sp³-hybridized carbons (Fsp3) is 0.800. The fourth-order valence-electron chi connectivity index (χ4n) is 0.352. The smallest absolute Gasteiger partial charge is 0.279 e. The largest absolute Gasteiger partial charge is 0.380 e. The summed E-state index contributed by atoms with van der Waals surface area (Å²) < 4.78 is 0. The van der Waals surface area contributed by atoms with E-state index in [2.05, 4.69) is 9.95 Å². The first kappa shape index (κ1) is 8.69. The van der Waals surface area contributed by atoms with Gasteiger partial charge in [-0.25, -0.2) is 5.21 Å². The maximum Gasteiger partial charge on any atom is 0.279 e. The van der Waals surface area contributed by atoms with Gasteiger partial charge in [-0.3, -0.25) is 0 Å². The maximum atomic E-state index is 10.2. The second-order valence-corrected chi connectivity index (χ2v) is 1.62. The van der Waals surface area contributed by atoms with E-state index in [1.165, 1.54) is 6.19 Å². The van der Waals surface area contributed by atoms with E-state index in [0.29, 0.717) is 6.61 Å². The molecule has 0 saturated carbocycles. The third kappa shape index (κ3) is 4.84. The number of rotatable bonds is 4. The van der Waals surface area contributed by atoms with Crippen LogP contribution in [0.4, 0.5) is 0 Å². The molecule has 56 valence electrons. The van der Waals surface area contributed by atoms with Crippen LogP contribution in [0.5, 0.6) is 0 Å². The molecule has 0 saturated heterocycles. The maximum absolute atomic E-state index is 10.2. The molecule has 10 heavy (non-hydrogen) atoms. The van der Waals surface area contributed by atoms with Crippen LogP contribution in [0.15, 0.2) is 5.11 Å². The van der Waals surface area contributed by atoms with E-state index in [4.69, 9.17) is 5.26 Å². The van der Waals surface area contributed by atoms with Gasteiger partial charge in [0.05, 0.1) is 6.61 Å². The molecular weight excluding hydrogens is 134 g/mol. The van der Waals surface area contributed by atoms with Crippen molar-refractivity contribution in [3.8, 4) is 6.19 Å². The van der Waals surface area contributed by atoms with Crippen molar-refractivity contribution in [2.24, 2.45) is 5.11 Å². The van der Waals surface area contributed by atoms with Crippen LogP contribution in [-0.4, -0.2) is 11.6 Å². The number of unbranched alkanes of at least 4 members (excludes halogenated alkanes) is 1. The predicted molar refractivity (Wildman–Crippen MR) is 32.5 cm³/mol. The Kier molecular flexibility index (Phi) is 5.06. The molecule has 0 fully saturated rings. The molecule has 0 aliphatic carbocycles. The van der Waals surface area contributed by atoms with Crippen molar-refractivity contribution in [2.75, 3.05) is 6.61 Å². The quantitative estimate of drug-likeness (QED) is 0.256. The second-order valence-electron chi connectivity index (χ2n) is 1.62. The van der Waals surface area contributed by atoms with Gasteiger partial charge in [-0.05, 0) is 6.42 Å². The lowest BCUT2D eigenvalue weighted by molar-refractivity contribution is -0.787. The van der Waals surface area contributed by atoms with Gasteiger partial charge in [0, 0.05) is 0 Å². The SMILES string of the molecule is CCCCO[N+]([O-])=NC#N. The molecule has 0 bridgehead atoms. The minimum Gasteiger partial charge on any atom is -0.380 e. The van der Waals surface area contributed by atoms with E-state index in [0.717, 1.165) is 12.8 Å². The van der Waals surface area contributed by atoms with Crippen molar-refractivity contribution in [1.82, 2.24) is 0 Å². The Morgan fingerprint density at radius 1 is 1.80 bits per heavy atom. The highest BCUT2D eigenvalue weighted by Crippen LogP contribution is 1.87. The topological polar surface area (TPSA) is 71.4 Å². The highest BCUT2D eigenvalue weighted by molar-refractivity contribution is 4.53. The molecule has 0 aliphatic heterocycles. The van der Waals surface area contributed by atoms with Crippen LogP contribution in [-0.2, 0) is 4.84 Å². The lowest BCUT2D eigenvalue weighted by Crippen LogP contribution is -2.02. The lowest BCUT2D eigenvalue weighted by Gasteiger charge is -1.98. The Hall–Kier alpha value is -1.31. The zero-order chi connectivity index (χ0) is 7.82. The van der Waals surface area contributed by atoms with E-state index >= 15 is 0 Å². The Morgan fingerprint density at radius 3 is 3.00 bits per heavy atom. The van der Waals surface area contributed by atoms with Crippen LogP contribution in [0.1, 0.15) is 19.8 Å². The molecule has 0 aliphatic rings. The van der Waals surface area contributed by atoms with Gasteiger partial charge < -0.3 is 4.84 Å². The van der Waals surface area contributed by atoms with Crippen LogP contribution >= 0.6 is 0 Å². The van der Waals surface area contributed by atoms with Gasteiger partial charge in [0.25, 0.3) is 6.19 Å². The summed E-state index contributed by atoms with van der Waals surface area (Å²) in [6, 6.07) is 0. The van der Waals surface area contributed by atoms with Gasteiger partial charge in [0.15, 0.2) is 5.02 Å². The molecule has 0 atom stereocenters. The van der Waals surface area contributed by atoms with E-state index in [9.17, 15) is 5.21 Å². The predicted octanol–water partition coefficient (Wildman–Crippen LogP) is 1.16. The highest BCUT2D eigenvalue weighted by Gasteiger charge is 1.90. The zero-order valence-corrected chi connectivity index (χ0v) is 5.78. The summed E-state index contributed by atoms with van der Waals surface area (Å²) in [5.41, 5.74) is 0. The minimum atomic E-state index is -0.0737. The van der Waals surface area contributed by atoms with Crippen LogP contribution in [0.25, 0.3) is 0 Å². The zero-order valence-electron chi connectivity index (χ0n) is 5.78. The summed E-state index contributed by atoms with van der Waals surface area (Å²) in [5.74, 6) is 0. The van der Waals surface area contributed by atoms with E-state index in [-0.39, 0.29) is 5.02 Å². The van der Waals surface area contributed by atoms with Crippen LogP contribution in [0.3, 0.4) is 0 Å². The molecule has 0 rings (SSSR count). The Morgan fingerprint density at radius 2 is 2.50 bits per heavy atom. The van der Waals surface area contributed by atoms with Crippen molar-refractivity contribution in [1.29, 1.82) is 5.26 Å². The molecule has 0 aromatic heterocycles. The summed E-state index contributed by atoms with van der Waals surface area (Å²) in [5, 5.41) is 20.8. The van der Waals surface area contributed by atoms with Crippen molar-refractivity contribution in [2.45, 2.75) is 19.8 Å². The van der Waals surface area contributed by atoms with Crippen molar-refractivity contribution < 1.29 is 9.86 Å². The second kappa shape index (κ2) is 5.82. The van der Waals surface area contributed by atoms with E-state index in [1.54, 1.807) is 0 Å². The summed E-state index contributed by atoms with van der Waals surface area (Å²) in [6.45, 7) is 2.28. The highest BCUT2D eigenvalue weighted by atomic mass is 16.9. The standard InChI is InChI=1S/C5H9N3O2/c1-2-3-4-10-8(9)7-5-6/h2-4H2,1H3. The lowest BCUT2D eigenvalue weighted by atomic mass is 10.4. The van der Waals surface area contributed by atoms with Gasteiger partial charge in [0.2, 0.25) is 0 Å². The first-order valence-corrected chi connectivity index (χ1v) is 3.01. The first-order valence-electron chi connectivity index (χ1n) is 3.01. The number of hydrogen-bond acceptors (Lipinski definition) is 4. The average Bonchev–Trinajstić information content (AvgIpc) is 1.89. The number of hydrogen-bond donors (Lipinski definition) is 0. The first-order chi connectivity index (χ1) is 4.81. The van der Waals surface area contributed by atoms with Crippen LogP contribution < -0.4 is 0 Å². The van der Waals surface area contributed by atoms with Gasteiger partial charge in [-0.2, -0.15) is 5.26 Å². The monoisotopic (exact) mass is 143 g/mol. The van der Waals surface area contributed by atoms with E-state index < -0.39 is 0 Å². The molecule has 0 radical (unpaired) electrons. The third-order valence-electron chi connectivity index (χ3n) is 0.826. The fourth-order valence-corrected chi connectivity index (χ4v) is 0.352. The molecular formula is C5H9N3O2. The van der Waals surface area contributed by atoms with Crippen LogP contribution in [0.2, 0.25) is 0 Å². The summed E-state index contributed by atoms with van der Waals surface area (Å²) in [6.07, 6.45) is 3.04. The molecule has 0 aromatic carbocycles. The molecule has 0 heterocycles. The van der Waals surface area contributed by atoms with Gasteiger partial charge >= 0.3 is 0 Å². The third-order valence-corrected chi connectivity index (χ3v) is 0.826. The molecule has 0 N–H and O–H groups in total. The van der Waals surface area contributed by atoms with Gasteiger partial charge in [0.1, 0.15) is 5.11 Å². The molecule has 0 amide bonds. The number of nitriles is 1. The summed E-state index contributed by atoms with van der Waals surface area (Å²) >= 11 is 0. The summed E-state index contributed by atoms with van der Waals surface area (Å²) in [7, 11) is 0. The Labute approximate surface area is 59.1 Å².